The van der Waals surface area contributed by atoms with Crippen LogP contribution in [0.25, 0.3) is 0 Å². The maximum absolute atomic E-state index is 5.25. The van der Waals surface area contributed by atoms with E-state index in [1.54, 1.807) is 18.4 Å². The van der Waals surface area contributed by atoms with Gasteiger partial charge in [0.1, 0.15) is 0 Å². The predicted octanol–water partition coefficient (Wildman–Crippen LogP) is 2.68. The van der Waals surface area contributed by atoms with Gasteiger partial charge in [-0.15, -0.1) is 11.3 Å². The number of methoxy groups -OCH3 is 1. The fraction of sp³-hybridized carbons (Fsp3) is 0.625. The monoisotopic (exact) mass is 348 g/mol. The molecule has 7 nitrogen and oxygen atoms in total. The van der Waals surface area contributed by atoms with E-state index < -0.39 is 0 Å². The fourth-order valence-corrected chi connectivity index (χ4v) is 3.40. The van der Waals surface area contributed by atoms with E-state index in [2.05, 4.69) is 35.5 Å². The Balaban J connectivity index is 1.66. The predicted molar refractivity (Wildman–Crippen MR) is 96.1 cm³/mol. The molecule has 0 saturated carbocycles. The minimum absolute atomic E-state index is 0.358. The van der Waals surface area contributed by atoms with Crippen molar-refractivity contribution in [3.63, 3.8) is 0 Å². The zero-order chi connectivity index (χ0) is 16.8. The molecule has 3 heterocycles. The third-order valence-electron chi connectivity index (χ3n) is 4.01. The number of hydrogen-bond donors (Lipinski definition) is 1. The molecule has 0 aromatic carbocycles. The second-order valence-corrected chi connectivity index (χ2v) is 6.94. The van der Waals surface area contributed by atoms with Gasteiger partial charge in [-0.2, -0.15) is 15.0 Å². The summed E-state index contributed by atoms with van der Waals surface area (Å²) in [5, 5.41) is 6.45. The Bertz CT molecular complexity index is 654. The van der Waals surface area contributed by atoms with Crippen LogP contribution in [0, 0.1) is 6.92 Å². The van der Waals surface area contributed by atoms with E-state index in [4.69, 9.17) is 4.74 Å². The van der Waals surface area contributed by atoms with Crippen LogP contribution in [-0.4, -0.2) is 46.7 Å². The van der Waals surface area contributed by atoms with E-state index in [-0.39, 0.29) is 0 Å². The first kappa shape index (κ1) is 16.9. The summed E-state index contributed by atoms with van der Waals surface area (Å²) in [6.07, 6.45) is 5.75. The van der Waals surface area contributed by atoms with Gasteiger partial charge in [0.05, 0.1) is 17.8 Å². The molecule has 0 spiro atoms. The highest BCUT2D eigenvalue weighted by Gasteiger charge is 2.15. The topological polar surface area (TPSA) is 76.1 Å². The normalized spacial score (nSPS) is 15.2. The Hall–Kier alpha value is -1.96. The highest BCUT2D eigenvalue weighted by atomic mass is 32.1. The van der Waals surface area contributed by atoms with Crippen LogP contribution in [0.1, 0.15) is 36.4 Å². The van der Waals surface area contributed by atoms with E-state index >= 15 is 0 Å². The van der Waals surface area contributed by atoms with Crippen molar-refractivity contribution in [1.82, 2.24) is 19.9 Å². The molecule has 3 rings (SSSR count). The highest BCUT2D eigenvalue weighted by Crippen LogP contribution is 2.19. The fourth-order valence-electron chi connectivity index (χ4n) is 2.75. The van der Waals surface area contributed by atoms with Gasteiger partial charge in [0.2, 0.25) is 11.9 Å². The summed E-state index contributed by atoms with van der Waals surface area (Å²) in [4.78, 5) is 20.0. The van der Waals surface area contributed by atoms with E-state index in [1.807, 2.05) is 6.92 Å². The lowest BCUT2D eigenvalue weighted by atomic mass is 10.2. The molecule has 0 unspecified atom stereocenters. The molecule has 0 atom stereocenters. The summed E-state index contributed by atoms with van der Waals surface area (Å²) >= 11 is 1.67. The maximum atomic E-state index is 5.25. The summed E-state index contributed by atoms with van der Waals surface area (Å²) in [5.41, 5.74) is 1.10. The Labute approximate surface area is 146 Å². The van der Waals surface area contributed by atoms with E-state index in [0.717, 1.165) is 36.8 Å². The van der Waals surface area contributed by atoms with Gasteiger partial charge in [0.15, 0.2) is 0 Å². The van der Waals surface area contributed by atoms with E-state index in [1.165, 1.54) is 25.7 Å². The molecular weight excluding hydrogens is 324 g/mol. The number of aryl methyl sites for hydroxylation is 1. The lowest BCUT2D eigenvalue weighted by Crippen LogP contribution is -2.27. The van der Waals surface area contributed by atoms with Crippen molar-refractivity contribution >= 4 is 23.2 Å². The van der Waals surface area contributed by atoms with Crippen LogP contribution in [0.15, 0.2) is 5.38 Å². The number of nitrogens with one attached hydrogen (secondary N) is 1. The standard InChI is InChI=1S/C16H24N6OS/c1-12-18-13(11-24-12)7-8-17-14-19-15(21-16(20-14)23-2)22-9-5-3-4-6-10-22/h11H,3-10H2,1-2H3,(H,17,19,20,21). The molecular formula is C16H24N6OS. The zero-order valence-electron chi connectivity index (χ0n) is 14.3. The van der Waals surface area contributed by atoms with Gasteiger partial charge in [-0.3, -0.25) is 0 Å². The number of anilines is 2. The summed E-state index contributed by atoms with van der Waals surface area (Å²) in [6.45, 7) is 4.73. The Morgan fingerprint density at radius 2 is 1.92 bits per heavy atom. The van der Waals surface area contributed by atoms with Crippen molar-refractivity contribution in [2.75, 3.05) is 37.0 Å². The average molecular weight is 348 g/mol. The third-order valence-corrected chi connectivity index (χ3v) is 4.83. The van der Waals surface area contributed by atoms with Gasteiger partial charge in [-0.1, -0.05) is 12.8 Å². The van der Waals surface area contributed by atoms with Gasteiger partial charge in [-0.25, -0.2) is 4.98 Å². The smallest absolute Gasteiger partial charge is 0.322 e. The molecule has 130 valence electrons. The van der Waals surface area contributed by atoms with Crippen LogP contribution in [0.3, 0.4) is 0 Å². The van der Waals surface area contributed by atoms with Crippen molar-refractivity contribution in [3.8, 4) is 6.01 Å². The summed E-state index contributed by atoms with van der Waals surface area (Å²) in [7, 11) is 1.59. The molecule has 2 aromatic heterocycles. The van der Waals surface area contributed by atoms with Crippen molar-refractivity contribution in [2.45, 2.75) is 39.0 Å². The molecule has 0 amide bonds. The first-order valence-electron chi connectivity index (χ1n) is 8.44. The maximum Gasteiger partial charge on any atom is 0.322 e. The van der Waals surface area contributed by atoms with Crippen LogP contribution in [-0.2, 0) is 6.42 Å². The Kier molecular flexibility index (Phi) is 5.79. The van der Waals surface area contributed by atoms with Gasteiger partial charge in [0.25, 0.3) is 0 Å². The molecule has 0 radical (unpaired) electrons. The molecule has 1 saturated heterocycles. The average Bonchev–Trinajstić information content (AvgIpc) is 2.85. The van der Waals surface area contributed by atoms with Crippen molar-refractivity contribution < 1.29 is 4.74 Å². The molecule has 24 heavy (non-hydrogen) atoms. The van der Waals surface area contributed by atoms with Crippen LogP contribution < -0.4 is 15.0 Å². The van der Waals surface area contributed by atoms with Gasteiger partial charge in [-0.05, 0) is 19.8 Å². The molecule has 1 fully saturated rings. The van der Waals surface area contributed by atoms with Crippen LogP contribution >= 0.6 is 11.3 Å². The number of thiazole rings is 1. The van der Waals surface area contributed by atoms with Crippen LogP contribution in [0.5, 0.6) is 6.01 Å². The first-order valence-corrected chi connectivity index (χ1v) is 9.32. The van der Waals surface area contributed by atoms with Gasteiger partial charge in [0, 0.05) is 31.4 Å². The van der Waals surface area contributed by atoms with Gasteiger partial charge < -0.3 is 15.0 Å². The van der Waals surface area contributed by atoms with Crippen LogP contribution in [0.2, 0.25) is 0 Å². The number of ether oxygens (including phenoxy) is 1. The zero-order valence-corrected chi connectivity index (χ0v) is 15.1. The molecule has 0 aliphatic carbocycles. The second kappa shape index (κ2) is 8.23. The quantitative estimate of drug-likeness (QED) is 0.860. The Morgan fingerprint density at radius 1 is 1.12 bits per heavy atom. The Morgan fingerprint density at radius 3 is 2.58 bits per heavy atom. The minimum atomic E-state index is 0.358. The summed E-state index contributed by atoms with van der Waals surface area (Å²) in [5.74, 6) is 1.27. The van der Waals surface area contributed by atoms with Crippen molar-refractivity contribution in [3.05, 3.63) is 16.1 Å². The molecule has 8 heteroatoms. The second-order valence-electron chi connectivity index (χ2n) is 5.88. The van der Waals surface area contributed by atoms with E-state index in [9.17, 15) is 0 Å². The third kappa shape index (κ3) is 4.53. The van der Waals surface area contributed by atoms with E-state index in [0.29, 0.717) is 17.9 Å². The molecule has 1 aliphatic heterocycles. The SMILES string of the molecule is COc1nc(NCCc2csc(C)n2)nc(N2CCCCCC2)n1. The molecule has 2 aromatic rings. The largest absolute Gasteiger partial charge is 0.467 e. The summed E-state index contributed by atoms with van der Waals surface area (Å²) < 4.78 is 5.25. The first-order chi connectivity index (χ1) is 11.7. The van der Waals surface area contributed by atoms with Crippen molar-refractivity contribution in [1.29, 1.82) is 0 Å². The lowest BCUT2D eigenvalue weighted by molar-refractivity contribution is 0.378. The van der Waals surface area contributed by atoms with Gasteiger partial charge >= 0.3 is 6.01 Å². The number of nitrogens with zero attached hydrogens (tertiary/aromatic N) is 5. The number of hydrogen-bond acceptors (Lipinski definition) is 8. The summed E-state index contributed by atoms with van der Waals surface area (Å²) in [6, 6.07) is 0.358. The minimum Gasteiger partial charge on any atom is -0.467 e. The number of aromatic nitrogens is 4. The molecule has 1 aliphatic rings. The van der Waals surface area contributed by atoms with Crippen LogP contribution in [0.4, 0.5) is 11.9 Å². The van der Waals surface area contributed by atoms with Crippen molar-refractivity contribution in [2.24, 2.45) is 0 Å². The highest BCUT2D eigenvalue weighted by molar-refractivity contribution is 7.09. The lowest BCUT2D eigenvalue weighted by Gasteiger charge is -2.20. The molecule has 0 bridgehead atoms. The molecule has 1 N–H and O–H groups in total. The number of rotatable bonds is 6.